The summed E-state index contributed by atoms with van der Waals surface area (Å²) in [5.74, 6) is 0.796. The molecule has 148 valence electrons. The number of aliphatic imine (C=N–C) groups is 1. The van der Waals surface area contributed by atoms with Crippen molar-refractivity contribution in [1.29, 1.82) is 0 Å². The van der Waals surface area contributed by atoms with E-state index in [4.69, 9.17) is 4.74 Å². The Labute approximate surface area is 154 Å². The summed E-state index contributed by atoms with van der Waals surface area (Å²) >= 11 is 0. The first-order valence-electron chi connectivity index (χ1n) is 8.79. The molecule has 0 heterocycles. The summed E-state index contributed by atoms with van der Waals surface area (Å²) in [4.78, 5) is 6.66. The molecule has 0 saturated carbocycles. The normalized spacial score (nSPS) is 11.9. The third-order valence-electron chi connectivity index (χ3n) is 3.61. The highest BCUT2D eigenvalue weighted by atomic mass is 19.3. The van der Waals surface area contributed by atoms with Gasteiger partial charge in [0.1, 0.15) is 5.75 Å². The van der Waals surface area contributed by atoms with E-state index in [0.29, 0.717) is 18.1 Å². The first-order valence-corrected chi connectivity index (χ1v) is 8.79. The van der Waals surface area contributed by atoms with Gasteiger partial charge in [-0.15, -0.1) is 0 Å². The van der Waals surface area contributed by atoms with Crippen molar-refractivity contribution in [3.05, 3.63) is 29.8 Å². The molecule has 0 aliphatic carbocycles. The fourth-order valence-corrected chi connectivity index (χ4v) is 2.31. The molecule has 1 aromatic carbocycles. The highest BCUT2D eigenvalue weighted by Gasteiger charge is 2.09. The Bertz CT molecular complexity index is 530. The number of guanidine groups is 1. The molecule has 0 aromatic heterocycles. The van der Waals surface area contributed by atoms with Crippen LogP contribution in [0.2, 0.25) is 0 Å². The van der Waals surface area contributed by atoms with Gasteiger partial charge in [0, 0.05) is 45.5 Å². The van der Waals surface area contributed by atoms with Crippen molar-refractivity contribution in [2.45, 2.75) is 26.5 Å². The van der Waals surface area contributed by atoms with Crippen molar-refractivity contribution in [2.24, 2.45) is 4.99 Å². The highest BCUT2D eigenvalue weighted by molar-refractivity contribution is 5.79. The quantitative estimate of drug-likeness (QED) is 0.335. The smallest absolute Gasteiger partial charge is 0.387 e. The Balaban J connectivity index is 2.53. The van der Waals surface area contributed by atoms with E-state index in [1.165, 1.54) is 6.07 Å². The number of likely N-dealkylation sites (N-methyl/N-ethyl adjacent to an activating group) is 1. The van der Waals surface area contributed by atoms with Gasteiger partial charge in [-0.3, -0.25) is 0 Å². The first kappa shape index (κ1) is 22.1. The molecule has 6 nitrogen and oxygen atoms in total. The lowest BCUT2D eigenvalue weighted by molar-refractivity contribution is -0.0504. The van der Waals surface area contributed by atoms with Crippen molar-refractivity contribution in [3.63, 3.8) is 0 Å². The number of hydrogen-bond donors (Lipinski definition) is 2. The van der Waals surface area contributed by atoms with E-state index in [0.717, 1.165) is 32.7 Å². The van der Waals surface area contributed by atoms with Gasteiger partial charge in [-0.05, 0) is 26.5 Å². The van der Waals surface area contributed by atoms with E-state index in [1.807, 2.05) is 6.92 Å². The molecule has 0 unspecified atom stereocenters. The van der Waals surface area contributed by atoms with Crippen molar-refractivity contribution in [2.75, 3.05) is 46.9 Å². The van der Waals surface area contributed by atoms with Crippen LogP contribution in [0, 0.1) is 0 Å². The molecule has 0 fully saturated rings. The Morgan fingerprint density at radius 3 is 2.69 bits per heavy atom. The van der Waals surface area contributed by atoms with Crippen molar-refractivity contribution >= 4 is 5.96 Å². The molecule has 0 amide bonds. The average Bonchev–Trinajstić information content (AvgIpc) is 2.60. The Morgan fingerprint density at radius 1 is 1.23 bits per heavy atom. The van der Waals surface area contributed by atoms with Gasteiger partial charge < -0.3 is 25.0 Å². The monoisotopic (exact) mass is 372 g/mol. The molecule has 2 N–H and O–H groups in total. The van der Waals surface area contributed by atoms with Crippen LogP contribution in [0.4, 0.5) is 8.78 Å². The number of nitrogens with one attached hydrogen (secondary N) is 2. The summed E-state index contributed by atoms with van der Waals surface area (Å²) in [7, 11) is 3.75. The summed E-state index contributed by atoms with van der Waals surface area (Å²) in [5, 5.41) is 6.40. The SMILES string of the molecule is CCNC(=NCc1ccccc1OC(F)F)NCCN(C)CCCOC. The zero-order valence-corrected chi connectivity index (χ0v) is 15.8. The van der Waals surface area contributed by atoms with Gasteiger partial charge in [0.2, 0.25) is 0 Å². The van der Waals surface area contributed by atoms with Crippen LogP contribution in [0.3, 0.4) is 0 Å². The number of ether oxygens (including phenoxy) is 2. The minimum absolute atomic E-state index is 0.153. The van der Waals surface area contributed by atoms with E-state index in [1.54, 1.807) is 25.3 Å². The number of hydrogen-bond acceptors (Lipinski definition) is 4. The van der Waals surface area contributed by atoms with E-state index in [-0.39, 0.29) is 12.3 Å². The average molecular weight is 372 g/mol. The van der Waals surface area contributed by atoms with Gasteiger partial charge in [0.15, 0.2) is 5.96 Å². The number of nitrogens with zero attached hydrogens (tertiary/aromatic N) is 2. The summed E-state index contributed by atoms with van der Waals surface area (Å²) in [6.07, 6.45) is 0.988. The molecule has 0 atom stereocenters. The number of halogens is 2. The van der Waals surface area contributed by atoms with Crippen LogP contribution in [0.5, 0.6) is 5.75 Å². The molecule has 0 radical (unpaired) electrons. The summed E-state index contributed by atoms with van der Waals surface area (Å²) in [6, 6.07) is 6.69. The molecule has 0 aliphatic rings. The fraction of sp³-hybridized carbons (Fsp3) is 0.611. The summed E-state index contributed by atoms with van der Waals surface area (Å²) < 4.78 is 34.5. The van der Waals surface area contributed by atoms with Crippen LogP contribution in [0.15, 0.2) is 29.3 Å². The molecular formula is C18H30F2N4O2. The zero-order chi connectivity index (χ0) is 19.2. The maximum absolute atomic E-state index is 12.5. The number of benzene rings is 1. The van der Waals surface area contributed by atoms with E-state index in [9.17, 15) is 8.78 Å². The van der Waals surface area contributed by atoms with Crippen LogP contribution in [-0.4, -0.2) is 64.4 Å². The number of alkyl halides is 2. The lowest BCUT2D eigenvalue weighted by Crippen LogP contribution is -2.41. The van der Waals surface area contributed by atoms with E-state index in [2.05, 4.69) is 32.3 Å². The molecule has 26 heavy (non-hydrogen) atoms. The highest BCUT2D eigenvalue weighted by Crippen LogP contribution is 2.20. The largest absolute Gasteiger partial charge is 0.434 e. The van der Waals surface area contributed by atoms with Crippen LogP contribution < -0.4 is 15.4 Å². The Morgan fingerprint density at radius 2 is 2.00 bits per heavy atom. The topological polar surface area (TPSA) is 58.1 Å². The lowest BCUT2D eigenvalue weighted by atomic mass is 10.2. The van der Waals surface area contributed by atoms with Gasteiger partial charge >= 0.3 is 6.61 Å². The molecule has 1 aromatic rings. The summed E-state index contributed by atoms with van der Waals surface area (Å²) in [5.41, 5.74) is 0.613. The van der Waals surface area contributed by atoms with Crippen LogP contribution in [0.1, 0.15) is 18.9 Å². The van der Waals surface area contributed by atoms with E-state index < -0.39 is 6.61 Å². The Kier molecular flexibility index (Phi) is 11.3. The second-order valence-corrected chi connectivity index (χ2v) is 5.76. The van der Waals surface area contributed by atoms with E-state index >= 15 is 0 Å². The van der Waals surface area contributed by atoms with Crippen LogP contribution >= 0.6 is 0 Å². The van der Waals surface area contributed by atoms with Gasteiger partial charge in [-0.2, -0.15) is 8.78 Å². The van der Waals surface area contributed by atoms with Crippen molar-refractivity contribution in [1.82, 2.24) is 15.5 Å². The second-order valence-electron chi connectivity index (χ2n) is 5.76. The molecule has 0 bridgehead atoms. The molecular weight excluding hydrogens is 342 g/mol. The van der Waals surface area contributed by atoms with Gasteiger partial charge in [-0.1, -0.05) is 18.2 Å². The molecule has 1 rings (SSSR count). The predicted molar refractivity (Wildman–Crippen MR) is 99.9 cm³/mol. The van der Waals surface area contributed by atoms with Gasteiger partial charge in [-0.25, -0.2) is 4.99 Å². The van der Waals surface area contributed by atoms with Gasteiger partial charge in [0.05, 0.1) is 6.54 Å². The van der Waals surface area contributed by atoms with Gasteiger partial charge in [0.25, 0.3) is 0 Å². The van der Waals surface area contributed by atoms with Crippen LogP contribution in [0.25, 0.3) is 0 Å². The minimum atomic E-state index is -2.85. The number of para-hydroxylation sites is 1. The Hall–Kier alpha value is -1.93. The zero-order valence-electron chi connectivity index (χ0n) is 15.8. The summed E-state index contributed by atoms with van der Waals surface area (Å²) in [6.45, 7) is 3.39. The third-order valence-corrected chi connectivity index (χ3v) is 3.61. The molecule has 8 heteroatoms. The third kappa shape index (κ3) is 9.53. The van der Waals surface area contributed by atoms with Crippen LogP contribution in [-0.2, 0) is 11.3 Å². The number of methoxy groups -OCH3 is 1. The first-order chi connectivity index (χ1) is 12.6. The minimum Gasteiger partial charge on any atom is -0.434 e. The molecule has 0 spiro atoms. The molecule has 0 saturated heterocycles. The lowest BCUT2D eigenvalue weighted by Gasteiger charge is -2.18. The fourth-order valence-electron chi connectivity index (χ4n) is 2.31. The second kappa shape index (κ2) is 13.3. The molecule has 0 aliphatic heterocycles. The van der Waals surface area contributed by atoms with Crippen molar-refractivity contribution < 1.29 is 18.3 Å². The number of rotatable bonds is 12. The van der Waals surface area contributed by atoms with Crippen molar-refractivity contribution in [3.8, 4) is 5.75 Å². The maximum atomic E-state index is 12.5. The maximum Gasteiger partial charge on any atom is 0.387 e. The predicted octanol–water partition coefficient (Wildman–Crippen LogP) is 2.31. The standard InChI is InChI=1S/C18H30F2N4O2/c1-4-21-18(22-10-12-24(2)11-7-13-25-3)23-14-15-8-5-6-9-16(15)26-17(19)20/h5-6,8-9,17H,4,7,10-14H2,1-3H3,(H2,21,22,23).